The van der Waals surface area contributed by atoms with Crippen molar-refractivity contribution in [2.24, 2.45) is 0 Å². The van der Waals surface area contributed by atoms with Gasteiger partial charge in [0, 0.05) is 29.9 Å². The molecule has 2 aliphatic rings. The molecule has 1 aliphatic heterocycles. The maximum absolute atomic E-state index is 11.1. The second-order valence-electron chi connectivity index (χ2n) is 8.22. The van der Waals surface area contributed by atoms with E-state index in [4.69, 9.17) is 0 Å². The summed E-state index contributed by atoms with van der Waals surface area (Å²) in [5.41, 5.74) is 4.59. The summed E-state index contributed by atoms with van der Waals surface area (Å²) in [4.78, 5) is 17.2. The third kappa shape index (κ3) is 2.77. The lowest BCUT2D eigenvalue weighted by atomic mass is 9.70. The quantitative estimate of drug-likeness (QED) is 0.666. The molecule has 3 heteroatoms. The number of aldehydes is 1. The lowest BCUT2D eigenvalue weighted by Gasteiger charge is -2.46. The largest absolute Gasteiger partial charge is 0.355 e. The Kier molecular flexibility index (Phi) is 4.04. The topological polar surface area (TPSA) is 36.1 Å². The summed E-state index contributed by atoms with van der Waals surface area (Å²) >= 11 is 0. The van der Waals surface area contributed by atoms with Crippen LogP contribution in [-0.2, 0) is 16.6 Å². The first-order valence-corrected chi connectivity index (χ1v) is 10.2. The minimum atomic E-state index is 0.298. The van der Waals surface area contributed by atoms with Crippen LogP contribution < -0.4 is 4.90 Å². The Balaban J connectivity index is 1.48. The second kappa shape index (κ2) is 6.56. The number of aryl methyl sites for hydroxylation is 1. The number of aromatic nitrogens is 1. The van der Waals surface area contributed by atoms with Crippen molar-refractivity contribution < 1.29 is 4.79 Å². The summed E-state index contributed by atoms with van der Waals surface area (Å²) in [5.74, 6) is 1.20. The fourth-order valence-electron chi connectivity index (χ4n) is 5.46. The summed E-state index contributed by atoms with van der Waals surface area (Å²) in [6.07, 6.45) is 7.44. The van der Waals surface area contributed by atoms with E-state index in [1.54, 1.807) is 5.56 Å². The van der Waals surface area contributed by atoms with Crippen molar-refractivity contribution in [3.8, 4) is 0 Å². The molecule has 2 aromatic carbocycles. The number of fused-ring (bicyclic) bond motifs is 3. The van der Waals surface area contributed by atoms with Crippen LogP contribution in [0.1, 0.15) is 43.2 Å². The molecule has 1 fully saturated rings. The van der Waals surface area contributed by atoms with Gasteiger partial charge in [-0.3, -0.25) is 0 Å². The van der Waals surface area contributed by atoms with Crippen LogP contribution in [0.4, 0.5) is 5.82 Å². The van der Waals surface area contributed by atoms with Crippen molar-refractivity contribution in [1.82, 2.24) is 4.98 Å². The molecule has 138 valence electrons. The molecule has 27 heavy (non-hydrogen) atoms. The highest BCUT2D eigenvalue weighted by molar-refractivity contribution is 5.84. The minimum absolute atomic E-state index is 0.298. The molecule has 0 bridgehead atoms. The van der Waals surface area contributed by atoms with Crippen LogP contribution in [-0.4, -0.2) is 23.9 Å². The van der Waals surface area contributed by atoms with Crippen molar-refractivity contribution >= 4 is 23.0 Å². The van der Waals surface area contributed by atoms with Crippen LogP contribution in [0.25, 0.3) is 10.9 Å². The minimum Gasteiger partial charge on any atom is -0.355 e. The van der Waals surface area contributed by atoms with Gasteiger partial charge >= 0.3 is 0 Å². The summed E-state index contributed by atoms with van der Waals surface area (Å²) in [7, 11) is 0. The molecule has 1 aromatic heterocycles. The van der Waals surface area contributed by atoms with Gasteiger partial charge in [-0.1, -0.05) is 42.5 Å². The normalized spacial score (nSPS) is 24.4. The second-order valence-corrected chi connectivity index (χ2v) is 8.22. The van der Waals surface area contributed by atoms with Crippen molar-refractivity contribution in [1.29, 1.82) is 0 Å². The first-order chi connectivity index (χ1) is 13.3. The van der Waals surface area contributed by atoms with Gasteiger partial charge in [0.15, 0.2) is 0 Å². The fraction of sp³-hybridized carbons (Fsp3) is 0.375. The van der Waals surface area contributed by atoms with Crippen molar-refractivity contribution in [2.45, 2.75) is 50.0 Å². The molecule has 2 atom stereocenters. The molecule has 1 N–H and O–H groups in total. The highest BCUT2D eigenvalue weighted by atomic mass is 16.1. The molecule has 0 amide bonds. The van der Waals surface area contributed by atoms with Gasteiger partial charge in [-0.05, 0) is 60.8 Å². The Morgan fingerprint density at radius 2 is 1.96 bits per heavy atom. The number of carbonyl (C=O) groups excluding carboxylic acids is 1. The van der Waals surface area contributed by atoms with Gasteiger partial charge in [-0.15, -0.1) is 0 Å². The van der Waals surface area contributed by atoms with Crippen LogP contribution in [0.5, 0.6) is 0 Å². The van der Waals surface area contributed by atoms with E-state index in [0.29, 0.717) is 17.9 Å². The smallest absolute Gasteiger partial charge is 0.120 e. The van der Waals surface area contributed by atoms with E-state index < -0.39 is 0 Å². The lowest BCUT2D eigenvalue weighted by molar-refractivity contribution is -0.108. The van der Waals surface area contributed by atoms with E-state index in [2.05, 4.69) is 64.5 Å². The van der Waals surface area contributed by atoms with Crippen molar-refractivity contribution in [3.63, 3.8) is 0 Å². The average Bonchev–Trinajstić information content (AvgIpc) is 3.29. The van der Waals surface area contributed by atoms with Gasteiger partial charge < -0.3 is 14.7 Å². The van der Waals surface area contributed by atoms with Crippen molar-refractivity contribution in [3.05, 3.63) is 65.7 Å². The van der Waals surface area contributed by atoms with Crippen LogP contribution in [0.3, 0.4) is 0 Å². The number of hydrogen-bond acceptors (Lipinski definition) is 2. The Morgan fingerprint density at radius 1 is 1.11 bits per heavy atom. The third-order valence-electron chi connectivity index (χ3n) is 6.80. The molecule has 1 saturated heterocycles. The first kappa shape index (κ1) is 16.6. The average molecular weight is 358 g/mol. The molecule has 1 spiro atoms. The summed E-state index contributed by atoms with van der Waals surface area (Å²) in [6, 6.07) is 20.1. The fourth-order valence-corrected chi connectivity index (χ4v) is 5.46. The van der Waals surface area contributed by atoms with Crippen LogP contribution in [0, 0.1) is 0 Å². The molecule has 0 saturated carbocycles. The van der Waals surface area contributed by atoms with Crippen LogP contribution >= 0.6 is 0 Å². The standard InChI is InChI=1S/C24H26N2O/c27-15-5-8-20-17-24(12-11-18-6-1-3-9-21(18)24)13-14-26(20)23-16-19-7-2-4-10-22(19)25-23/h1-4,6-7,9-10,15-16,20,25H,5,8,11-14,17H2. The monoisotopic (exact) mass is 358 g/mol. The van der Waals surface area contributed by atoms with Gasteiger partial charge in [0.2, 0.25) is 0 Å². The number of piperidine rings is 1. The number of carbonyl (C=O) groups is 1. The molecule has 3 aromatic rings. The van der Waals surface area contributed by atoms with E-state index in [9.17, 15) is 4.79 Å². The highest BCUT2D eigenvalue weighted by Crippen LogP contribution is 2.49. The molecule has 1 aliphatic carbocycles. The first-order valence-electron chi connectivity index (χ1n) is 10.2. The predicted octanol–water partition coefficient (Wildman–Crippen LogP) is 5.00. The molecular formula is C24H26N2O. The third-order valence-corrected chi connectivity index (χ3v) is 6.80. The molecule has 3 nitrogen and oxygen atoms in total. The number of rotatable bonds is 4. The van der Waals surface area contributed by atoms with Gasteiger partial charge in [0.25, 0.3) is 0 Å². The van der Waals surface area contributed by atoms with E-state index >= 15 is 0 Å². The number of benzene rings is 2. The SMILES string of the molecule is O=CCCC1CC2(CCc3ccccc32)CCN1c1cc2ccccc2[nH]1. The predicted molar refractivity (Wildman–Crippen MR) is 110 cm³/mol. The maximum Gasteiger partial charge on any atom is 0.120 e. The molecule has 2 unspecified atom stereocenters. The van der Waals surface area contributed by atoms with E-state index in [-0.39, 0.29) is 0 Å². The summed E-state index contributed by atoms with van der Waals surface area (Å²) in [5, 5.41) is 1.26. The highest BCUT2D eigenvalue weighted by Gasteiger charge is 2.44. The lowest BCUT2D eigenvalue weighted by Crippen LogP contribution is -2.48. The summed E-state index contributed by atoms with van der Waals surface area (Å²) < 4.78 is 0. The zero-order valence-electron chi connectivity index (χ0n) is 15.7. The number of nitrogens with zero attached hydrogens (tertiary/aromatic N) is 1. The zero-order chi connectivity index (χ0) is 18.3. The van der Waals surface area contributed by atoms with E-state index in [1.807, 2.05) is 0 Å². The Morgan fingerprint density at radius 3 is 2.85 bits per heavy atom. The Labute approximate surface area is 160 Å². The number of para-hydroxylation sites is 1. The number of anilines is 1. The van der Waals surface area contributed by atoms with E-state index in [1.165, 1.54) is 41.5 Å². The Bertz CT molecular complexity index is 942. The summed E-state index contributed by atoms with van der Waals surface area (Å²) in [6.45, 7) is 1.05. The maximum atomic E-state index is 11.1. The van der Waals surface area contributed by atoms with Gasteiger partial charge in [-0.25, -0.2) is 0 Å². The van der Waals surface area contributed by atoms with Crippen LogP contribution in [0.2, 0.25) is 0 Å². The number of hydrogen-bond donors (Lipinski definition) is 1. The molecule has 2 heterocycles. The van der Waals surface area contributed by atoms with Gasteiger partial charge in [-0.2, -0.15) is 0 Å². The number of aromatic amines is 1. The zero-order valence-corrected chi connectivity index (χ0v) is 15.7. The van der Waals surface area contributed by atoms with Gasteiger partial charge in [0.1, 0.15) is 12.1 Å². The van der Waals surface area contributed by atoms with Crippen molar-refractivity contribution in [2.75, 3.05) is 11.4 Å². The molecular weight excluding hydrogens is 332 g/mol. The number of nitrogens with one attached hydrogen (secondary N) is 1. The molecule has 5 rings (SSSR count). The molecule has 0 radical (unpaired) electrons. The Hall–Kier alpha value is -2.55. The van der Waals surface area contributed by atoms with E-state index in [0.717, 1.165) is 25.7 Å². The number of H-pyrrole nitrogens is 1. The van der Waals surface area contributed by atoms with Crippen LogP contribution in [0.15, 0.2) is 54.6 Å². The van der Waals surface area contributed by atoms with Gasteiger partial charge in [0.05, 0.1) is 0 Å².